The van der Waals surface area contributed by atoms with Gasteiger partial charge in [-0.1, -0.05) is 72.2 Å². The number of aryl methyl sites for hydroxylation is 1. The lowest BCUT2D eigenvalue weighted by molar-refractivity contribution is 0.418. The van der Waals surface area contributed by atoms with Gasteiger partial charge in [-0.2, -0.15) is 0 Å². The van der Waals surface area contributed by atoms with Gasteiger partial charge in [-0.3, -0.25) is 0 Å². The van der Waals surface area contributed by atoms with Crippen LogP contribution in [0.3, 0.4) is 0 Å². The molecule has 0 saturated carbocycles. The van der Waals surface area contributed by atoms with Crippen LogP contribution in [0.4, 0.5) is 0 Å². The molecule has 0 heterocycles. The Morgan fingerprint density at radius 1 is 0.692 bits per heavy atom. The molecular formula is C24H21BO. The van der Waals surface area contributed by atoms with Gasteiger partial charge in [0.15, 0.2) is 0 Å². The number of ether oxygens (including phenoxy) is 1. The Kier molecular flexibility index (Phi) is 4.26. The number of fused-ring (bicyclic) bond motifs is 1. The molecule has 0 N–H and O–H groups in total. The van der Waals surface area contributed by atoms with Crippen molar-refractivity contribution in [2.24, 2.45) is 0 Å². The van der Waals surface area contributed by atoms with Gasteiger partial charge in [0.1, 0.15) is 13.6 Å². The molecule has 0 radical (unpaired) electrons. The van der Waals surface area contributed by atoms with Gasteiger partial charge in [-0.15, -0.1) is 0 Å². The molecular weight excluding hydrogens is 315 g/mol. The molecule has 0 bridgehead atoms. The first-order valence-electron chi connectivity index (χ1n) is 8.92. The zero-order valence-electron chi connectivity index (χ0n) is 15.4. The molecule has 0 spiro atoms. The van der Waals surface area contributed by atoms with E-state index in [-0.39, 0.29) is 0 Å². The SMILES string of the molecule is Bc1ccccc1-c1cc(C)cc(-c2cccc3ccccc23)c1OC. The van der Waals surface area contributed by atoms with Crippen LogP contribution in [-0.4, -0.2) is 15.0 Å². The number of hydrogen-bond acceptors (Lipinski definition) is 1. The summed E-state index contributed by atoms with van der Waals surface area (Å²) in [6.07, 6.45) is 0. The maximum atomic E-state index is 5.94. The van der Waals surface area contributed by atoms with Crippen molar-refractivity contribution >= 4 is 24.1 Å². The van der Waals surface area contributed by atoms with E-state index in [0.717, 1.165) is 16.9 Å². The van der Waals surface area contributed by atoms with E-state index in [1.165, 1.54) is 32.9 Å². The van der Waals surface area contributed by atoms with Crippen LogP contribution in [0.2, 0.25) is 0 Å². The second-order valence-corrected chi connectivity index (χ2v) is 6.73. The fraction of sp³-hybridized carbons (Fsp3) is 0.0833. The standard InChI is InChI=1S/C24H21BO/c1-16-14-21(19-12-7-9-17-8-3-4-10-18(17)19)24(26-2)22(15-16)20-11-5-6-13-23(20)25/h3-15H,25H2,1-2H3. The minimum Gasteiger partial charge on any atom is -0.495 e. The van der Waals surface area contributed by atoms with Gasteiger partial charge < -0.3 is 4.74 Å². The fourth-order valence-corrected chi connectivity index (χ4v) is 3.73. The first kappa shape index (κ1) is 16.5. The predicted molar refractivity (Wildman–Crippen MR) is 114 cm³/mol. The van der Waals surface area contributed by atoms with Crippen LogP contribution < -0.4 is 10.2 Å². The van der Waals surface area contributed by atoms with E-state index in [2.05, 4.69) is 93.6 Å². The normalized spacial score (nSPS) is 10.8. The van der Waals surface area contributed by atoms with E-state index in [0.29, 0.717) is 0 Å². The van der Waals surface area contributed by atoms with Gasteiger partial charge in [0, 0.05) is 11.1 Å². The monoisotopic (exact) mass is 336 g/mol. The molecule has 4 aromatic rings. The maximum Gasteiger partial charge on any atom is 0.140 e. The summed E-state index contributed by atoms with van der Waals surface area (Å²) in [5.74, 6) is 0.932. The number of rotatable bonds is 3. The average Bonchev–Trinajstić information content (AvgIpc) is 2.67. The number of benzene rings is 4. The smallest absolute Gasteiger partial charge is 0.140 e. The van der Waals surface area contributed by atoms with Gasteiger partial charge in [-0.05, 0) is 46.5 Å². The van der Waals surface area contributed by atoms with Crippen molar-refractivity contribution in [1.82, 2.24) is 0 Å². The number of methoxy groups -OCH3 is 1. The highest BCUT2D eigenvalue weighted by atomic mass is 16.5. The van der Waals surface area contributed by atoms with Crippen LogP contribution in [0.25, 0.3) is 33.0 Å². The first-order chi connectivity index (χ1) is 12.7. The topological polar surface area (TPSA) is 9.23 Å². The summed E-state index contributed by atoms with van der Waals surface area (Å²) in [6, 6.07) is 27.9. The minimum atomic E-state index is 0.932. The Labute approximate surface area is 155 Å². The summed E-state index contributed by atoms with van der Waals surface area (Å²) in [6.45, 7) is 2.15. The first-order valence-corrected chi connectivity index (χ1v) is 8.92. The Hall–Kier alpha value is -3.00. The molecule has 0 aliphatic rings. The van der Waals surface area contributed by atoms with E-state index in [1.54, 1.807) is 7.11 Å². The predicted octanol–water partition coefficient (Wildman–Crippen LogP) is 4.75. The van der Waals surface area contributed by atoms with Crippen LogP contribution in [-0.2, 0) is 0 Å². The molecule has 4 rings (SSSR count). The maximum absolute atomic E-state index is 5.94. The molecule has 0 saturated heterocycles. The Bertz CT molecular complexity index is 1090. The van der Waals surface area contributed by atoms with E-state index < -0.39 is 0 Å². The zero-order valence-corrected chi connectivity index (χ0v) is 15.4. The Morgan fingerprint density at radius 3 is 2.08 bits per heavy atom. The van der Waals surface area contributed by atoms with Crippen molar-refractivity contribution in [3.05, 3.63) is 84.4 Å². The average molecular weight is 336 g/mol. The molecule has 126 valence electrons. The lowest BCUT2D eigenvalue weighted by Crippen LogP contribution is -2.07. The minimum absolute atomic E-state index is 0.932. The van der Waals surface area contributed by atoms with Crippen molar-refractivity contribution in [3.8, 4) is 28.0 Å². The molecule has 0 aliphatic carbocycles. The quantitative estimate of drug-likeness (QED) is 0.491. The lowest BCUT2D eigenvalue weighted by Gasteiger charge is -2.18. The van der Waals surface area contributed by atoms with E-state index in [1.807, 2.05) is 0 Å². The summed E-state index contributed by atoms with van der Waals surface area (Å²) in [5.41, 5.74) is 7.19. The highest BCUT2D eigenvalue weighted by Gasteiger charge is 2.16. The van der Waals surface area contributed by atoms with Gasteiger partial charge >= 0.3 is 0 Å². The summed E-state index contributed by atoms with van der Waals surface area (Å²) < 4.78 is 5.94. The van der Waals surface area contributed by atoms with E-state index in [9.17, 15) is 0 Å². The third-order valence-electron chi connectivity index (χ3n) is 4.95. The molecule has 0 fully saturated rings. The van der Waals surface area contributed by atoms with Gasteiger partial charge in [0.2, 0.25) is 0 Å². The third-order valence-corrected chi connectivity index (χ3v) is 4.95. The van der Waals surface area contributed by atoms with Crippen molar-refractivity contribution in [1.29, 1.82) is 0 Å². The van der Waals surface area contributed by atoms with Crippen LogP contribution >= 0.6 is 0 Å². The van der Waals surface area contributed by atoms with Crippen molar-refractivity contribution in [2.45, 2.75) is 6.92 Å². The van der Waals surface area contributed by atoms with Crippen molar-refractivity contribution in [3.63, 3.8) is 0 Å². The van der Waals surface area contributed by atoms with Crippen molar-refractivity contribution in [2.75, 3.05) is 7.11 Å². The van der Waals surface area contributed by atoms with Crippen LogP contribution in [0, 0.1) is 6.92 Å². The summed E-state index contributed by atoms with van der Waals surface area (Å²) >= 11 is 0. The molecule has 0 aromatic heterocycles. The zero-order chi connectivity index (χ0) is 18.1. The molecule has 0 atom stereocenters. The summed E-state index contributed by atoms with van der Waals surface area (Å²) in [5, 5.41) is 2.49. The van der Waals surface area contributed by atoms with Gasteiger partial charge in [0.25, 0.3) is 0 Å². The molecule has 0 unspecified atom stereocenters. The third kappa shape index (κ3) is 2.78. The highest BCUT2D eigenvalue weighted by Crippen LogP contribution is 2.41. The Balaban J connectivity index is 2.05. The van der Waals surface area contributed by atoms with Crippen molar-refractivity contribution < 1.29 is 4.74 Å². The van der Waals surface area contributed by atoms with Crippen LogP contribution in [0.5, 0.6) is 5.75 Å². The number of hydrogen-bond donors (Lipinski definition) is 0. The van der Waals surface area contributed by atoms with Crippen LogP contribution in [0.1, 0.15) is 5.56 Å². The summed E-state index contributed by atoms with van der Waals surface area (Å²) in [4.78, 5) is 0. The molecule has 2 heteroatoms. The van der Waals surface area contributed by atoms with Gasteiger partial charge in [0.05, 0.1) is 7.11 Å². The summed E-state index contributed by atoms with van der Waals surface area (Å²) in [7, 11) is 3.91. The second-order valence-electron chi connectivity index (χ2n) is 6.73. The van der Waals surface area contributed by atoms with E-state index in [4.69, 9.17) is 4.74 Å². The lowest BCUT2D eigenvalue weighted by atomic mass is 9.84. The molecule has 1 nitrogen and oxygen atoms in total. The Morgan fingerprint density at radius 2 is 1.31 bits per heavy atom. The largest absolute Gasteiger partial charge is 0.495 e. The van der Waals surface area contributed by atoms with E-state index >= 15 is 0 Å². The molecule has 0 aliphatic heterocycles. The molecule has 4 aromatic carbocycles. The molecule has 0 amide bonds. The van der Waals surface area contributed by atoms with Gasteiger partial charge in [-0.25, -0.2) is 0 Å². The fourth-order valence-electron chi connectivity index (χ4n) is 3.73. The highest BCUT2D eigenvalue weighted by molar-refractivity contribution is 6.36. The second kappa shape index (κ2) is 6.72. The van der Waals surface area contributed by atoms with Crippen LogP contribution in [0.15, 0.2) is 78.9 Å². The molecule has 26 heavy (non-hydrogen) atoms.